The first-order valence-electron chi connectivity index (χ1n) is 7.09. The fourth-order valence-electron chi connectivity index (χ4n) is 2.25. The molecule has 124 valence electrons. The highest BCUT2D eigenvalue weighted by Crippen LogP contribution is 2.23. The molecule has 2 aromatic carbocycles. The lowest BCUT2D eigenvalue weighted by Crippen LogP contribution is -2.22. The topological polar surface area (TPSA) is 76.4 Å². The molecular weight excluding hydrogens is 350 g/mol. The second-order valence-electron chi connectivity index (χ2n) is 5.39. The Balaban J connectivity index is 1.70. The predicted molar refractivity (Wildman–Crippen MR) is 91.9 cm³/mol. The highest BCUT2D eigenvalue weighted by atomic mass is 35.5. The van der Waals surface area contributed by atoms with Gasteiger partial charge in [-0.3, -0.25) is 4.79 Å². The lowest BCUT2D eigenvalue weighted by molar-refractivity contribution is 0.0925. The van der Waals surface area contributed by atoms with Crippen molar-refractivity contribution in [2.24, 2.45) is 0 Å². The molecule has 1 aromatic heterocycles. The van der Waals surface area contributed by atoms with Crippen LogP contribution in [0.25, 0.3) is 11.0 Å². The highest BCUT2D eigenvalue weighted by Gasteiger charge is 2.12. The summed E-state index contributed by atoms with van der Waals surface area (Å²) < 4.78 is 28.3. The lowest BCUT2D eigenvalue weighted by Gasteiger charge is -2.04. The van der Waals surface area contributed by atoms with Crippen LogP contribution in [0, 0.1) is 0 Å². The average Bonchev–Trinajstić information content (AvgIpc) is 2.95. The summed E-state index contributed by atoms with van der Waals surface area (Å²) in [7, 11) is -3.23. The molecule has 3 aromatic rings. The van der Waals surface area contributed by atoms with Crippen LogP contribution in [0.4, 0.5) is 0 Å². The van der Waals surface area contributed by atoms with Gasteiger partial charge in [0.05, 0.1) is 4.90 Å². The lowest BCUT2D eigenvalue weighted by atomic mass is 10.2. The maximum atomic E-state index is 12.2. The molecule has 0 unspecified atom stereocenters. The molecule has 0 fully saturated rings. The van der Waals surface area contributed by atoms with Gasteiger partial charge in [-0.25, -0.2) is 8.42 Å². The second kappa shape index (κ2) is 6.30. The zero-order valence-electron chi connectivity index (χ0n) is 12.7. The smallest absolute Gasteiger partial charge is 0.287 e. The van der Waals surface area contributed by atoms with E-state index in [4.69, 9.17) is 16.0 Å². The van der Waals surface area contributed by atoms with E-state index in [1.807, 2.05) is 0 Å². The van der Waals surface area contributed by atoms with Gasteiger partial charge < -0.3 is 9.73 Å². The summed E-state index contributed by atoms with van der Waals surface area (Å²) in [6.07, 6.45) is 1.15. The van der Waals surface area contributed by atoms with E-state index in [1.54, 1.807) is 36.4 Å². The van der Waals surface area contributed by atoms with Crippen LogP contribution < -0.4 is 5.32 Å². The molecule has 0 aliphatic rings. The minimum atomic E-state index is -3.23. The molecule has 7 heteroatoms. The fourth-order valence-corrected chi connectivity index (χ4v) is 3.06. The van der Waals surface area contributed by atoms with Gasteiger partial charge in [-0.2, -0.15) is 0 Å². The molecule has 0 saturated carbocycles. The molecule has 5 nitrogen and oxygen atoms in total. The van der Waals surface area contributed by atoms with Crippen molar-refractivity contribution in [3.8, 4) is 0 Å². The van der Waals surface area contributed by atoms with Gasteiger partial charge >= 0.3 is 0 Å². The van der Waals surface area contributed by atoms with E-state index < -0.39 is 9.84 Å². The minimum Gasteiger partial charge on any atom is -0.451 e. The number of rotatable bonds is 4. The quantitative estimate of drug-likeness (QED) is 0.770. The van der Waals surface area contributed by atoms with Crippen molar-refractivity contribution in [2.45, 2.75) is 11.4 Å². The average molecular weight is 364 g/mol. The number of halogens is 1. The Bertz CT molecular complexity index is 1010. The molecule has 0 saturated heterocycles. The van der Waals surface area contributed by atoms with Gasteiger partial charge in [0.25, 0.3) is 5.91 Å². The predicted octanol–water partition coefficient (Wildman–Crippen LogP) is 3.42. The third-order valence-corrected chi connectivity index (χ3v) is 4.87. The molecule has 1 amide bonds. The second-order valence-corrected chi connectivity index (χ2v) is 7.84. The van der Waals surface area contributed by atoms with Crippen LogP contribution >= 0.6 is 11.6 Å². The number of benzene rings is 2. The third kappa shape index (κ3) is 3.60. The first-order valence-corrected chi connectivity index (χ1v) is 9.36. The summed E-state index contributed by atoms with van der Waals surface area (Å²) in [6, 6.07) is 13.1. The van der Waals surface area contributed by atoms with Crippen molar-refractivity contribution in [3.63, 3.8) is 0 Å². The van der Waals surface area contributed by atoms with Gasteiger partial charge in [-0.05, 0) is 42.0 Å². The number of nitrogens with one attached hydrogen (secondary N) is 1. The standard InChI is InChI=1S/C17H14ClNO4S/c1-24(21,22)14-5-2-11(3-6-14)10-19-17(20)16-9-12-8-13(18)4-7-15(12)23-16/h2-9H,10H2,1H3,(H,19,20). The van der Waals surface area contributed by atoms with Gasteiger partial charge in [0.15, 0.2) is 15.6 Å². The Hall–Kier alpha value is -2.31. The normalized spacial score (nSPS) is 11.6. The maximum Gasteiger partial charge on any atom is 0.287 e. The third-order valence-electron chi connectivity index (χ3n) is 3.51. The van der Waals surface area contributed by atoms with Gasteiger partial charge in [0, 0.05) is 23.2 Å². The molecule has 0 spiro atoms. The first kappa shape index (κ1) is 16.5. The van der Waals surface area contributed by atoms with Crippen LogP contribution in [-0.2, 0) is 16.4 Å². The van der Waals surface area contributed by atoms with Crippen molar-refractivity contribution in [1.82, 2.24) is 5.32 Å². The highest BCUT2D eigenvalue weighted by molar-refractivity contribution is 7.90. The number of carbonyl (C=O) groups excluding carboxylic acids is 1. The minimum absolute atomic E-state index is 0.194. The SMILES string of the molecule is CS(=O)(=O)c1ccc(CNC(=O)c2cc3cc(Cl)ccc3o2)cc1. The van der Waals surface area contributed by atoms with E-state index in [1.165, 1.54) is 12.1 Å². The molecule has 1 heterocycles. The van der Waals surface area contributed by atoms with Crippen LogP contribution in [0.3, 0.4) is 0 Å². The number of fused-ring (bicyclic) bond motifs is 1. The van der Waals surface area contributed by atoms with E-state index in [9.17, 15) is 13.2 Å². The zero-order chi connectivity index (χ0) is 17.3. The van der Waals surface area contributed by atoms with Gasteiger partial charge in [0.2, 0.25) is 0 Å². The number of furan rings is 1. The Kier molecular flexibility index (Phi) is 4.34. The zero-order valence-corrected chi connectivity index (χ0v) is 14.3. The van der Waals surface area contributed by atoms with Gasteiger partial charge in [0.1, 0.15) is 5.58 Å². The van der Waals surface area contributed by atoms with Crippen molar-refractivity contribution in [3.05, 3.63) is 64.9 Å². The Morgan fingerprint density at radius 2 is 1.83 bits per heavy atom. The Labute approximate surface area is 144 Å². The van der Waals surface area contributed by atoms with Crippen molar-refractivity contribution in [1.29, 1.82) is 0 Å². The van der Waals surface area contributed by atoms with Crippen molar-refractivity contribution < 1.29 is 17.6 Å². The molecule has 1 N–H and O–H groups in total. The molecule has 0 aliphatic carbocycles. The van der Waals surface area contributed by atoms with Crippen LogP contribution in [0.15, 0.2) is 57.8 Å². The number of sulfone groups is 1. The summed E-state index contributed by atoms with van der Waals surface area (Å²) in [5, 5.41) is 4.06. The molecule has 0 bridgehead atoms. The summed E-state index contributed by atoms with van der Waals surface area (Å²) in [5.74, 6) is -0.158. The Morgan fingerprint density at radius 3 is 2.50 bits per heavy atom. The summed E-state index contributed by atoms with van der Waals surface area (Å²) in [5.41, 5.74) is 1.37. The van der Waals surface area contributed by atoms with Crippen LogP contribution in [0.5, 0.6) is 0 Å². The first-order chi connectivity index (χ1) is 11.3. The summed E-state index contributed by atoms with van der Waals surface area (Å²) in [4.78, 5) is 12.4. The largest absolute Gasteiger partial charge is 0.451 e. The number of amides is 1. The molecule has 0 radical (unpaired) electrons. The van der Waals surface area contributed by atoms with E-state index in [-0.39, 0.29) is 23.1 Å². The fraction of sp³-hybridized carbons (Fsp3) is 0.118. The van der Waals surface area contributed by atoms with Crippen LogP contribution in [0.1, 0.15) is 16.1 Å². The molecular formula is C17H14ClNO4S. The van der Waals surface area contributed by atoms with Crippen molar-refractivity contribution in [2.75, 3.05) is 6.26 Å². The van der Waals surface area contributed by atoms with E-state index in [0.29, 0.717) is 10.6 Å². The number of carbonyl (C=O) groups is 1. The Morgan fingerprint density at radius 1 is 1.12 bits per heavy atom. The summed E-state index contributed by atoms with van der Waals surface area (Å²) in [6.45, 7) is 0.265. The molecule has 3 rings (SSSR count). The summed E-state index contributed by atoms with van der Waals surface area (Å²) >= 11 is 5.91. The molecule has 0 atom stereocenters. The number of hydrogen-bond donors (Lipinski definition) is 1. The van der Waals surface area contributed by atoms with Gasteiger partial charge in [-0.1, -0.05) is 23.7 Å². The monoisotopic (exact) mass is 363 g/mol. The van der Waals surface area contributed by atoms with E-state index in [0.717, 1.165) is 17.2 Å². The van der Waals surface area contributed by atoms with Crippen LogP contribution in [-0.4, -0.2) is 20.6 Å². The van der Waals surface area contributed by atoms with Crippen molar-refractivity contribution >= 4 is 38.3 Å². The molecule has 0 aliphatic heterocycles. The van der Waals surface area contributed by atoms with E-state index >= 15 is 0 Å². The number of hydrogen-bond acceptors (Lipinski definition) is 4. The maximum absolute atomic E-state index is 12.2. The van der Waals surface area contributed by atoms with E-state index in [2.05, 4.69) is 5.32 Å². The van der Waals surface area contributed by atoms with Crippen LogP contribution in [0.2, 0.25) is 5.02 Å². The molecule has 24 heavy (non-hydrogen) atoms. The van der Waals surface area contributed by atoms with Gasteiger partial charge in [-0.15, -0.1) is 0 Å².